The summed E-state index contributed by atoms with van der Waals surface area (Å²) in [5.41, 5.74) is 12.6. The first-order valence-electron chi connectivity index (χ1n) is 4.20. The minimum absolute atomic E-state index is 0.0355. The van der Waals surface area contributed by atoms with Crippen LogP contribution >= 0.6 is 0 Å². The number of nitrogen functional groups attached to an aromatic ring is 1. The molecule has 4 nitrogen and oxygen atoms in total. The second kappa shape index (κ2) is 2.81. The van der Waals surface area contributed by atoms with Crippen LogP contribution in [0.25, 0.3) is 0 Å². The van der Waals surface area contributed by atoms with E-state index in [0.29, 0.717) is 12.4 Å². The number of ether oxygens (including phenoxy) is 1. The molecule has 1 unspecified atom stereocenters. The van der Waals surface area contributed by atoms with E-state index in [-0.39, 0.29) is 17.5 Å². The van der Waals surface area contributed by atoms with Crippen LogP contribution in [0.3, 0.4) is 0 Å². The molecule has 0 radical (unpaired) electrons. The number of benzene rings is 1. The van der Waals surface area contributed by atoms with Gasteiger partial charge in [-0.2, -0.15) is 0 Å². The maximum atomic E-state index is 9.32. The van der Waals surface area contributed by atoms with E-state index in [1.54, 1.807) is 12.1 Å². The van der Waals surface area contributed by atoms with Crippen LogP contribution in [-0.2, 0) is 0 Å². The van der Waals surface area contributed by atoms with Gasteiger partial charge in [0.25, 0.3) is 0 Å². The molecule has 0 aliphatic carbocycles. The molecule has 0 saturated heterocycles. The van der Waals surface area contributed by atoms with Crippen LogP contribution in [0.15, 0.2) is 12.1 Å². The molecule has 0 fully saturated rings. The Morgan fingerprint density at radius 1 is 1.46 bits per heavy atom. The second-order valence-corrected chi connectivity index (χ2v) is 3.16. The SMILES string of the molecule is Nc1c(O)ccc2c1OCCC2N. The van der Waals surface area contributed by atoms with Gasteiger partial charge in [0.1, 0.15) is 11.4 Å². The molecule has 1 heterocycles. The number of anilines is 1. The molecule has 2 rings (SSSR count). The third-order valence-electron chi connectivity index (χ3n) is 2.28. The van der Waals surface area contributed by atoms with Crippen LogP contribution < -0.4 is 16.2 Å². The van der Waals surface area contributed by atoms with Crippen LogP contribution in [0.4, 0.5) is 5.69 Å². The smallest absolute Gasteiger partial charge is 0.150 e. The zero-order chi connectivity index (χ0) is 9.42. The van der Waals surface area contributed by atoms with Crippen LogP contribution in [-0.4, -0.2) is 11.7 Å². The highest BCUT2D eigenvalue weighted by molar-refractivity contribution is 5.66. The number of phenols is 1. The lowest BCUT2D eigenvalue weighted by molar-refractivity contribution is 0.269. The topological polar surface area (TPSA) is 81.5 Å². The average molecular weight is 180 g/mol. The Bertz CT molecular complexity index is 339. The summed E-state index contributed by atoms with van der Waals surface area (Å²) in [5.74, 6) is 0.589. The third kappa shape index (κ3) is 1.19. The van der Waals surface area contributed by atoms with Crippen molar-refractivity contribution in [2.24, 2.45) is 5.73 Å². The molecule has 0 spiro atoms. The molecule has 0 saturated carbocycles. The van der Waals surface area contributed by atoms with E-state index in [1.807, 2.05) is 0 Å². The Labute approximate surface area is 76.1 Å². The van der Waals surface area contributed by atoms with Gasteiger partial charge in [0.05, 0.1) is 6.61 Å². The Hall–Kier alpha value is -1.42. The fourth-order valence-electron chi connectivity index (χ4n) is 1.50. The summed E-state index contributed by atoms with van der Waals surface area (Å²) >= 11 is 0. The van der Waals surface area contributed by atoms with Crippen molar-refractivity contribution < 1.29 is 9.84 Å². The Morgan fingerprint density at radius 2 is 2.23 bits per heavy atom. The summed E-state index contributed by atoms with van der Waals surface area (Å²) < 4.78 is 5.34. The number of nitrogens with two attached hydrogens (primary N) is 2. The van der Waals surface area contributed by atoms with E-state index >= 15 is 0 Å². The van der Waals surface area contributed by atoms with Gasteiger partial charge >= 0.3 is 0 Å². The predicted molar refractivity (Wildman–Crippen MR) is 49.6 cm³/mol. The highest BCUT2D eigenvalue weighted by Crippen LogP contribution is 2.39. The van der Waals surface area contributed by atoms with Crippen molar-refractivity contribution in [1.82, 2.24) is 0 Å². The van der Waals surface area contributed by atoms with Gasteiger partial charge in [-0.05, 0) is 12.1 Å². The first-order valence-corrected chi connectivity index (χ1v) is 4.20. The maximum absolute atomic E-state index is 9.32. The number of hydrogen-bond acceptors (Lipinski definition) is 4. The minimum atomic E-state index is -0.0355. The number of hydrogen-bond donors (Lipinski definition) is 3. The van der Waals surface area contributed by atoms with Crippen molar-refractivity contribution in [3.63, 3.8) is 0 Å². The van der Waals surface area contributed by atoms with Crippen LogP contribution in [0.1, 0.15) is 18.0 Å². The largest absolute Gasteiger partial charge is 0.506 e. The van der Waals surface area contributed by atoms with Gasteiger partial charge in [-0.15, -0.1) is 0 Å². The van der Waals surface area contributed by atoms with Crippen molar-refractivity contribution in [3.05, 3.63) is 17.7 Å². The highest BCUT2D eigenvalue weighted by Gasteiger charge is 2.21. The minimum Gasteiger partial charge on any atom is -0.506 e. The van der Waals surface area contributed by atoms with E-state index in [0.717, 1.165) is 12.0 Å². The molecule has 13 heavy (non-hydrogen) atoms. The molecular weight excluding hydrogens is 168 g/mol. The van der Waals surface area contributed by atoms with Gasteiger partial charge in [0.15, 0.2) is 5.75 Å². The number of fused-ring (bicyclic) bond motifs is 1. The van der Waals surface area contributed by atoms with Crippen LogP contribution in [0, 0.1) is 0 Å². The van der Waals surface area contributed by atoms with E-state index in [9.17, 15) is 5.11 Å². The lowest BCUT2D eigenvalue weighted by Gasteiger charge is -2.24. The van der Waals surface area contributed by atoms with Gasteiger partial charge in [0, 0.05) is 18.0 Å². The van der Waals surface area contributed by atoms with Crippen LogP contribution in [0.2, 0.25) is 0 Å². The van der Waals surface area contributed by atoms with E-state index in [2.05, 4.69) is 0 Å². The number of aromatic hydroxyl groups is 1. The van der Waals surface area contributed by atoms with Crippen molar-refractivity contribution >= 4 is 5.69 Å². The van der Waals surface area contributed by atoms with Crippen LogP contribution in [0.5, 0.6) is 11.5 Å². The summed E-state index contributed by atoms with van der Waals surface area (Å²) in [7, 11) is 0. The number of rotatable bonds is 0. The third-order valence-corrected chi connectivity index (χ3v) is 2.28. The molecule has 0 amide bonds. The van der Waals surface area contributed by atoms with Gasteiger partial charge < -0.3 is 21.3 Å². The maximum Gasteiger partial charge on any atom is 0.150 e. The fourth-order valence-corrected chi connectivity index (χ4v) is 1.50. The zero-order valence-corrected chi connectivity index (χ0v) is 7.16. The monoisotopic (exact) mass is 180 g/mol. The summed E-state index contributed by atoms with van der Waals surface area (Å²) in [4.78, 5) is 0. The molecule has 1 aliphatic rings. The molecule has 0 aromatic heterocycles. The lowest BCUT2D eigenvalue weighted by atomic mass is 10.0. The van der Waals surface area contributed by atoms with Crippen molar-refractivity contribution in [2.45, 2.75) is 12.5 Å². The fraction of sp³-hybridized carbons (Fsp3) is 0.333. The molecule has 1 aliphatic heterocycles. The Balaban J connectivity index is 2.56. The van der Waals surface area contributed by atoms with Crippen molar-refractivity contribution in [3.8, 4) is 11.5 Å². The first-order chi connectivity index (χ1) is 6.20. The van der Waals surface area contributed by atoms with Gasteiger partial charge in [-0.1, -0.05) is 0 Å². The Morgan fingerprint density at radius 3 is 3.00 bits per heavy atom. The molecule has 1 atom stereocenters. The lowest BCUT2D eigenvalue weighted by Crippen LogP contribution is -2.21. The predicted octanol–water partition coefficient (Wildman–Crippen LogP) is 0.757. The normalized spacial score (nSPS) is 20.5. The average Bonchev–Trinajstić information content (AvgIpc) is 2.12. The van der Waals surface area contributed by atoms with Crippen molar-refractivity contribution in [2.75, 3.05) is 12.3 Å². The van der Waals surface area contributed by atoms with Gasteiger partial charge in [-0.3, -0.25) is 0 Å². The van der Waals surface area contributed by atoms with E-state index in [1.165, 1.54) is 0 Å². The second-order valence-electron chi connectivity index (χ2n) is 3.16. The quantitative estimate of drug-likeness (QED) is 0.406. The molecular formula is C9H12N2O2. The molecule has 70 valence electrons. The molecule has 0 bridgehead atoms. The van der Waals surface area contributed by atoms with E-state index in [4.69, 9.17) is 16.2 Å². The number of phenolic OH excluding ortho intramolecular Hbond substituents is 1. The first kappa shape index (κ1) is 8.19. The zero-order valence-electron chi connectivity index (χ0n) is 7.16. The summed E-state index contributed by atoms with van der Waals surface area (Å²) in [5, 5.41) is 9.32. The summed E-state index contributed by atoms with van der Waals surface area (Å²) in [6, 6.07) is 3.26. The molecule has 5 N–H and O–H groups in total. The van der Waals surface area contributed by atoms with Gasteiger partial charge in [0.2, 0.25) is 0 Å². The van der Waals surface area contributed by atoms with Gasteiger partial charge in [-0.25, -0.2) is 0 Å². The Kier molecular flexibility index (Phi) is 1.77. The molecule has 4 heteroatoms. The van der Waals surface area contributed by atoms with E-state index < -0.39 is 0 Å². The molecule has 1 aromatic rings. The summed E-state index contributed by atoms with van der Waals surface area (Å²) in [6.07, 6.45) is 0.789. The summed E-state index contributed by atoms with van der Waals surface area (Å²) in [6.45, 7) is 0.557. The molecule has 1 aromatic carbocycles. The standard InChI is InChI=1S/C9H12N2O2/c10-6-3-4-13-9-5(6)1-2-7(12)8(9)11/h1-2,6,12H,3-4,10-11H2. The van der Waals surface area contributed by atoms with Crippen molar-refractivity contribution in [1.29, 1.82) is 0 Å². The highest BCUT2D eigenvalue weighted by atomic mass is 16.5.